The van der Waals surface area contributed by atoms with Crippen molar-refractivity contribution in [3.05, 3.63) is 102 Å². The van der Waals surface area contributed by atoms with Crippen LogP contribution in [0.2, 0.25) is 0 Å². The lowest BCUT2D eigenvalue weighted by Gasteiger charge is -2.14. The van der Waals surface area contributed by atoms with Gasteiger partial charge in [0.05, 0.1) is 5.25 Å². The van der Waals surface area contributed by atoms with Crippen molar-refractivity contribution in [2.75, 3.05) is 10.6 Å². The summed E-state index contributed by atoms with van der Waals surface area (Å²) in [5.74, 6) is -0.221. The molecule has 4 rings (SSSR count). The molecule has 0 heterocycles. The van der Waals surface area contributed by atoms with Crippen LogP contribution < -0.4 is 10.6 Å². The highest BCUT2D eigenvalue weighted by atomic mass is 32.2. The average Bonchev–Trinajstić information content (AvgIpc) is 2.80. The summed E-state index contributed by atoms with van der Waals surface area (Å²) >= 11 is 1.46. The lowest BCUT2D eigenvalue weighted by atomic mass is 10.1. The van der Waals surface area contributed by atoms with Gasteiger partial charge in [-0.2, -0.15) is 0 Å². The molecular formula is C28H26N2O2S. The van der Waals surface area contributed by atoms with Crippen LogP contribution in [0.4, 0.5) is 11.4 Å². The first-order valence-electron chi connectivity index (χ1n) is 10.8. The van der Waals surface area contributed by atoms with Gasteiger partial charge in [0, 0.05) is 21.8 Å². The van der Waals surface area contributed by atoms with E-state index in [1.807, 2.05) is 99.6 Å². The first-order chi connectivity index (χ1) is 15.9. The van der Waals surface area contributed by atoms with E-state index in [1.54, 1.807) is 0 Å². The SMILES string of the molecule is Cc1ccc(NC(=O)C(C)Sc2cccc(NC(=O)c3ccc4ccccc4c3)c2)c(C)c1. The van der Waals surface area contributed by atoms with E-state index in [1.165, 1.54) is 11.8 Å². The molecule has 0 spiro atoms. The van der Waals surface area contributed by atoms with Crippen LogP contribution in [-0.4, -0.2) is 17.1 Å². The Bertz CT molecular complexity index is 1330. The number of rotatable bonds is 6. The Morgan fingerprint density at radius 1 is 0.788 bits per heavy atom. The van der Waals surface area contributed by atoms with Crippen molar-refractivity contribution >= 4 is 45.7 Å². The van der Waals surface area contributed by atoms with E-state index in [4.69, 9.17) is 0 Å². The Labute approximate surface area is 198 Å². The monoisotopic (exact) mass is 454 g/mol. The van der Waals surface area contributed by atoms with Gasteiger partial charge in [-0.1, -0.05) is 54.1 Å². The second-order valence-corrected chi connectivity index (χ2v) is 9.53. The number of aryl methyl sites for hydroxylation is 2. The normalized spacial score (nSPS) is 11.7. The van der Waals surface area contributed by atoms with Crippen LogP contribution in [0.3, 0.4) is 0 Å². The summed E-state index contributed by atoms with van der Waals surface area (Å²) in [4.78, 5) is 26.4. The zero-order valence-electron chi connectivity index (χ0n) is 18.9. The summed E-state index contributed by atoms with van der Waals surface area (Å²) in [6.07, 6.45) is 0. The Morgan fingerprint density at radius 2 is 1.58 bits per heavy atom. The maximum atomic E-state index is 12.8. The zero-order chi connectivity index (χ0) is 23.4. The van der Waals surface area contributed by atoms with E-state index in [0.29, 0.717) is 11.3 Å². The Balaban J connectivity index is 1.41. The van der Waals surface area contributed by atoms with Crippen LogP contribution in [0.25, 0.3) is 10.8 Å². The van der Waals surface area contributed by atoms with Crippen molar-refractivity contribution in [2.45, 2.75) is 30.9 Å². The molecule has 0 aliphatic heterocycles. The minimum Gasteiger partial charge on any atom is -0.325 e. The number of carbonyl (C=O) groups is 2. The topological polar surface area (TPSA) is 58.2 Å². The predicted molar refractivity (Wildman–Crippen MR) is 138 cm³/mol. The molecule has 1 unspecified atom stereocenters. The molecule has 0 fully saturated rings. The first-order valence-corrected chi connectivity index (χ1v) is 11.7. The van der Waals surface area contributed by atoms with Gasteiger partial charge in [0.2, 0.25) is 5.91 Å². The smallest absolute Gasteiger partial charge is 0.255 e. The third-order valence-corrected chi connectivity index (χ3v) is 6.52. The number of nitrogens with one attached hydrogen (secondary N) is 2. The molecule has 0 saturated carbocycles. The fourth-order valence-corrected chi connectivity index (χ4v) is 4.55. The summed E-state index contributed by atoms with van der Waals surface area (Å²) in [5, 5.41) is 7.81. The highest BCUT2D eigenvalue weighted by molar-refractivity contribution is 8.00. The Hall–Kier alpha value is -3.57. The fourth-order valence-electron chi connectivity index (χ4n) is 3.63. The molecule has 0 aliphatic carbocycles. The lowest BCUT2D eigenvalue weighted by molar-refractivity contribution is -0.115. The van der Waals surface area contributed by atoms with Crippen molar-refractivity contribution in [3.63, 3.8) is 0 Å². The number of hydrogen-bond acceptors (Lipinski definition) is 3. The molecule has 2 amide bonds. The summed E-state index contributed by atoms with van der Waals surface area (Å²) in [6, 6.07) is 27.2. The van der Waals surface area contributed by atoms with Gasteiger partial charge in [-0.05, 0) is 73.5 Å². The van der Waals surface area contributed by atoms with Gasteiger partial charge in [-0.3, -0.25) is 9.59 Å². The second kappa shape index (κ2) is 9.92. The van der Waals surface area contributed by atoms with Crippen LogP contribution in [0.5, 0.6) is 0 Å². The standard InChI is InChI=1S/C28H26N2O2S/c1-18-11-14-26(19(2)15-18)30-27(31)20(3)33-25-10-6-9-24(17-25)29-28(32)23-13-12-21-7-4-5-8-22(21)16-23/h4-17,20H,1-3H3,(H,29,32)(H,30,31). The number of benzene rings is 4. The van der Waals surface area contributed by atoms with Gasteiger partial charge in [0.25, 0.3) is 5.91 Å². The van der Waals surface area contributed by atoms with Crippen LogP contribution >= 0.6 is 11.8 Å². The highest BCUT2D eigenvalue weighted by Crippen LogP contribution is 2.27. The van der Waals surface area contributed by atoms with Crippen molar-refractivity contribution in [1.82, 2.24) is 0 Å². The largest absolute Gasteiger partial charge is 0.325 e. The van der Waals surface area contributed by atoms with E-state index in [2.05, 4.69) is 16.7 Å². The van der Waals surface area contributed by atoms with Crippen molar-refractivity contribution in [1.29, 1.82) is 0 Å². The van der Waals surface area contributed by atoms with E-state index in [0.717, 1.165) is 32.5 Å². The van der Waals surface area contributed by atoms with Gasteiger partial charge >= 0.3 is 0 Å². The quantitative estimate of drug-likeness (QED) is 0.314. The summed E-state index contributed by atoms with van der Waals surface area (Å²) < 4.78 is 0. The molecule has 0 aliphatic rings. The molecular weight excluding hydrogens is 428 g/mol. The van der Waals surface area contributed by atoms with E-state index in [9.17, 15) is 9.59 Å². The summed E-state index contributed by atoms with van der Waals surface area (Å²) in [6.45, 7) is 5.90. The predicted octanol–water partition coefficient (Wildman–Crippen LogP) is 6.83. The lowest BCUT2D eigenvalue weighted by Crippen LogP contribution is -2.22. The minimum atomic E-state index is -0.294. The highest BCUT2D eigenvalue weighted by Gasteiger charge is 2.16. The molecule has 33 heavy (non-hydrogen) atoms. The molecule has 4 aromatic rings. The van der Waals surface area contributed by atoms with Crippen LogP contribution in [0.1, 0.15) is 28.4 Å². The second-order valence-electron chi connectivity index (χ2n) is 8.11. The number of fused-ring (bicyclic) bond motifs is 1. The molecule has 0 aromatic heterocycles. The summed E-state index contributed by atoms with van der Waals surface area (Å²) in [7, 11) is 0. The van der Waals surface area contributed by atoms with E-state index >= 15 is 0 Å². The number of amides is 2. The number of anilines is 2. The number of thioether (sulfide) groups is 1. The Morgan fingerprint density at radius 3 is 2.36 bits per heavy atom. The molecule has 0 radical (unpaired) electrons. The maximum absolute atomic E-state index is 12.8. The molecule has 4 aromatic carbocycles. The minimum absolute atomic E-state index is 0.0578. The molecule has 1 atom stereocenters. The summed E-state index contributed by atoms with van der Waals surface area (Å²) in [5.41, 5.74) is 4.33. The van der Waals surface area contributed by atoms with Gasteiger partial charge < -0.3 is 10.6 Å². The molecule has 4 nitrogen and oxygen atoms in total. The number of hydrogen-bond donors (Lipinski definition) is 2. The van der Waals surface area contributed by atoms with Crippen molar-refractivity contribution < 1.29 is 9.59 Å². The first kappa shape index (κ1) is 22.6. The van der Waals surface area contributed by atoms with E-state index < -0.39 is 0 Å². The molecule has 5 heteroatoms. The maximum Gasteiger partial charge on any atom is 0.255 e. The molecule has 0 saturated heterocycles. The van der Waals surface area contributed by atoms with Crippen LogP contribution in [0.15, 0.2) is 89.8 Å². The van der Waals surface area contributed by atoms with Crippen LogP contribution in [-0.2, 0) is 4.79 Å². The van der Waals surface area contributed by atoms with Gasteiger partial charge in [-0.25, -0.2) is 0 Å². The van der Waals surface area contributed by atoms with E-state index in [-0.39, 0.29) is 17.1 Å². The fraction of sp³-hybridized carbons (Fsp3) is 0.143. The third kappa shape index (κ3) is 5.62. The van der Waals surface area contributed by atoms with Crippen molar-refractivity contribution in [2.24, 2.45) is 0 Å². The average molecular weight is 455 g/mol. The molecule has 2 N–H and O–H groups in total. The third-order valence-electron chi connectivity index (χ3n) is 5.43. The van der Waals surface area contributed by atoms with Gasteiger partial charge in [0.1, 0.15) is 0 Å². The molecule has 166 valence electrons. The van der Waals surface area contributed by atoms with Crippen LogP contribution in [0, 0.1) is 13.8 Å². The zero-order valence-corrected chi connectivity index (χ0v) is 19.7. The van der Waals surface area contributed by atoms with Gasteiger partial charge in [-0.15, -0.1) is 11.8 Å². The number of carbonyl (C=O) groups excluding carboxylic acids is 2. The Kier molecular flexibility index (Phi) is 6.80. The van der Waals surface area contributed by atoms with Gasteiger partial charge in [0.15, 0.2) is 0 Å². The van der Waals surface area contributed by atoms with Crippen molar-refractivity contribution in [3.8, 4) is 0 Å². The molecule has 0 bridgehead atoms.